The number of amides is 1. The van der Waals surface area contributed by atoms with Gasteiger partial charge in [-0.05, 0) is 36.4 Å². The van der Waals surface area contributed by atoms with Crippen LogP contribution in [0.2, 0.25) is 0 Å². The summed E-state index contributed by atoms with van der Waals surface area (Å²) in [5, 5.41) is 2.36. The van der Waals surface area contributed by atoms with Crippen molar-refractivity contribution in [2.75, 3.05) is 36.5 Å². The SMILES string of the molecule is O=C(Nc1ccc(N2CCOCC2)cc1C(F)(F)F)c1ccc(-c2ccccc2F)s1. The van der Waals surface area contributed by atoms with Gasteiger partial charge in [0.25, 0.3) is 5.91 Å². The Balaban J connectivity index is 1.58. The number of carbonyl (C=O) groups is 1. The van der Waals surface area contributed by atoms with Gasteiger partial charge >= 0.3 is 6.18 Å². The summed E-state index contributed by atoms with van der Waals surface area (Å²) >= 11 is 1.01. The number of halogens is 4. The fourth-order valence-corrected chi connectivity index (χ4v) is 4.27. The predicted octanol–water partition coefficient (Wildman–Crippen LogP) is 5.66. The van der Waals surface area contributed by atoms with Crippen LogP contribution in [0.15, 0.2) is 54.6 Å². The van der Waals surface area contributed by atoms with Gasteiger partial charge in [0.1, 0.15) is 5.82 Å². The predicted molar refractivity (Wildman–Crippen MR) is 112 cm³/mol. The van der Waals surface area contributed by atoms with Crippen molar-refractivity contribution in [2.24, 2.45) is 0 Å². The lowest BCUT2D eigenvalue weighted by Crippen LogP contribution is -2.36. The van der Waals surface area contributed by atoms with E-state index in [1.165, 1.54) is 18.2 Å². The van der Waals surface area contributed by atoms with E-state index in [-0.39, 0.29) is 10.6 Å². The molecule has 0 radical (unpaired) electrons. The smallest absolute Gasteiger partial charge is 0.378 e. The molecule has 2 heterocycles. The first-order valence-electron chi connectivity index (χ1n) is 9.53. The molecule has 31 heavy (non-hydrogen) atoms. The van der Waals surface area contributed by atoms with E-state index in [4.69, 9.17) is 4.74 Å². The van der Waals surface area contributed by atoms with Crippen LogP contribution in [0.25, 0.3) is 10.4 Å². The topological polar surface area (TPSA) is 41.6 Å². The summed E-state index contributed by atoms with van der Waals surface area (Å²) in [5.41, 5.74) is -0.491. The lowest BCUT2D eigenvalue weighted by Gasteiger charge is -2.29. The minimum atomic E-state index is -4.64. The molecule has 3 aromatic rings. The molecular formula is C22H18F4N2O2S. The quantitative estimate of drug-likeness (QED) is 0.522. The summed E-state index contributed by atoms with van der Waals surface area (Å²) in [6.45, 7) is 1.89. The third-order valence-corrected chi connectivity index (χ3v) is 6.02. The van der Waals surface area contributed by atoms with E-state index >= 15 is 0 Å². The second-order valence-electron chi connectivity index (χ2n) is 6.92. The van der Waals surface area contributed by atoms with Crippen molar-refractivity contribution in [2.45, 2.75) is 6.18 Å². The van der Waals surface area contributed by atoms with E-state index in [9.17, 15) is 22.4 Å². The van der Waals surface area contributed by atoms with Crippen molar-refractivity contribution in [3.05, 3.63) is 70.9 Å². The number of morpholine rings is 1. The Morgan fingerprint density at radius 3 is 2.48 bits per heavy atom. The molecule has 1 saturated heterocycles. The van der Waals surface area contributed by atoms with E-state index in [1.807, 2.05) is 4.90 Å². The molecule has 1 fully saturated rings. The number of carbonyl (C=O) groups excluding carboxylic acids is 1. The number of ether oxygens (including phenoxy) is 1. The molecule has 1 aliphatic heterocycles. The molecule has 0 aliphatic carbocycles. The van der Waals surface area contributed by atoms with Crippen LogP contribution in [0.4, 0.5) is 28.9 Å². The van der Waals surface area contributed by atoms with Gasteiger partial charge in [0.15, 0.2) is 0 Å². The lowest BCUT2D eigenvalue weighted by atomic mass is 10.1. The normalized spacial score (nSPS) is 14.5. The third-order valence-electron chi connectivity index (χ3n) is 4.90. The van der Waals surface area contributed by atoms with Gasteiger partial charge in [0, 0.05) is 29.2 Å². The Bertz CT molecular complexity index is 1090. The maximum Gasteiger partial charge on any atom is 0.418 e. The molecule has 4 nitrogen and oxygen atoms in total. The number of nitrogens with zero attached hydrogens (tertiary/aromatic N) is 1. The molecule has 1 aromatic heterocycles. The molecule has 1 N–H and O–H groups in total. The van der Waals surface area contributed by atoms with E-state index in [1.54, 1.807) is 30.3 Å². The molecule has 162 valence electrons. The van der Waals surface area contributed by atoms with Crippen molar-refractivity contribution in [3.63, 3.8) is 0 Å². The zero-order valence-electron chi connectivity index (χ0n) is 16.2. The molecule has 0 atom stereocenters. The monoisotopic (exact) mass is 450 g/mol. The largest absolute Gasteiger partial charge is 0.418 e. The minimum absolute atomic E-state index is 0.184. The highest BCUT2D eigenvalue weighted by Crippen LogP contribution is 2.38. The fraction of sp³-hybridized carbons (Fsp3) is 0.227. The average molecular weight is 450 g/mol. The summed E-state index contributed by atoms with van der Waals surface area (Å²) in [6.07, 6.45) is -4.64. The number of benzene rings is 2. The van der Waals surface area contributed by atoms with Gasteiger partial charge < -0.3 is 15.0 Å². The van der Waals surface area contributed by atoms with E-state index in [2.05, 4.69) is 5.32 Å². The third kappa shape index (κ3) is 4.72. The van der Waals surface area contributed by atoms with Gasteiger partial charge in [-0.25, -0.2) is 4.39 Å². The van der Waals surface area contributed by atoms with Crippen LogP contribution in [0.1, 0.15) is 15.2 Å². The number of alkyl halides is 3. The Labute approximate surface area is 180 Å². The summed E-state index contributed by atoms with van der Waals surface area (Å²) in [5.74, 6) is -1.12. The van der Waals surface area contributed by atoms with E-state index in [0.29, 0.717) is 42.4 Å². The average Bonchev–Trinajstić information content (AvgIpc) is 3.24. The molecule has 1 amide bonds. The highest BCUT2D eigenvalue weighted by atomic mass is 32.1. The summed E-state index contributed by atoms with van der Waals surface area (Å²) in [4.78, 5) is 15.1. The number of hydrogen-bond donors (Lipinski definition) is 1. The van der Waals surface area contributed by atoms with Gasteiger partial charge in [-0.2, -0.15) is 13.2 Å². The Morgan fingerprint density at radius 2 is 1.77 bits per heavy atom. The molecule has 0 unspecified atom stereocenters. The molecule has 2 aromatic carbocycles. The number of thiophene rings is 1. The highest BCUT2D eigenvalue weighted by molar-refractivity contribution is 7.17. The molecule has 1 aliphatic rings. The maximum atomic E-state index is 14.0. The summed E-state index contributed by atoms with van der Waals surface area (Å²) < 4.78 is 60.3. The number of anilines is 2. The Hall–Kier alpha value is -2.91. The van der Waals surface area contributed by atoms with E-state index in [0.717, 1.165) is 17.4 Å². The van der Waals surface area contributed by atoms with E-state index < -0.39 is 23.5 Å². The first-order chi connectivity index (χ1) is 14.8. The number of hydrogen-bond acceptors (Lipinski definition) is 4. The van der Waals surface area contributed by atoms with Gasteiger partial charge in [-0.15, -0.1) is 11.3 Å². The van der Waals surface area contributed by atoms with Crippen LogP contribution >= 0.6 is 11.3 Å². The number of nitrogens with one attached hydrogen (secondary N) is 1. The van der Waals surface area contributed by atoms with Crippen molar-refractivity contribution in [1.29, 1.82) is 0 Å². The molecule has 0 saturated carbocycles. The minimum Gasteiger partial charge on any atom is -0.378 e. The van der Waals surface area contributed by atoms with Crippen LogP contribution < -0.4 is 10.2 Å². The van der Waals surface area contributed by atoms with Crippen molar-refractivity contribution < 1.29 is 27.1 Å². The van der Waals surface area contributed by atoms with Crippen LogP contribution in [0.3, 0.4) is 0 Å². The molecule has 9 heteroatoms. The van der Waals surface area contributed by atoms with Crippen LogP contribution in [-0.4, -0.2) is 32.2 Å². The Kier molecular flexibility index (Phi) is 5.97. The second-order valence-corrected chi connectivity index (χ2v) is 8.01. The first-order valence-corrected chi connectivity index (χ1v) is 10.3. The summed E-state index contributed by atoms with van der Waals surface area (Å²) in [6, 6.07) is 13.0. The first kappa shape index (κ1) is 21.3. The van der Waals surface area contributed by atoms with Gasteiger partial charge in [-0.3, -0.25) is 4.79 Å². The van der Waals surface area contributed by atoms with Gasteiger partial charge in [-0.1, -0.05) is 18.2 Å². The summed E-state index contributed by atoms with van der Waals surface area (Å²) in [7, 11) is 0. The zero-order valence-corrected chi connectivity index (χ0v) is 17.0. The molecular weight excluding hydrogens is 432 g/mol. The molecule has 0 bridgehead atoms. The highest BCUT2D eigenvalue weighted by Gasteiger charge is 2.35. The van der Waals surface area contributed by atoms with Crippen molar-refractivity contribution >= 4 is 28.6 Å². The second kappa shape index (κ2) is 8.68. The van der Waals surface area contributed by atoms with Crippen molar-refractivity contribution in [3.8, 4) is 10.4 Å². The fourth-order valence-electron chi connectivity index (χ4n) is 3.34. The zero-order chi connectivity index (χ0) is 22.0. The van der Waals surface area contributed by atoms with Gasteiger partial charge in [0.2, 0.25) is 0 Å². The number of rotatable bonds is 4. The Morgan fingerprint density at radius 1 is 1.03 bits per heavy atom. The van der Waals surface area contributed by atoms with Crippen molar-refractivity contribution in [1.82, 2.24) is 0 Å². The van der Waals surface area contributed by atoms with Gasteiger partial charge in [0.05, 0.1) is 29.3 Å². The lowest BCUT2D eigenvalue weighted by molar-refractivity contribution is -0.136. The molecule has 0 spiro atoms. The molecule has 4 rings (SSSR count). The van der Waals surface area contributed by atoms with Crippen LogP contribution in [0.5, 0.6) is 0 Å². The van der Waals surface area contributed by atoms with Crippen LogP contribution in [0, 0.1) is 5.82 Å². The maximum absolute atomic E-state index is 14.0. The standard InChI is InChI=1S/C22H18F4N2O2S/c23-17-4-2-1-3-15(17)19-7-8-20(31-19)21(29)27-18-6-5-14(13-16(18)22(24,25)26)28-9-11-30-12-10-28/h1-8,13H,9-12H2,(H,27,29). The van der Waals surface area contributed by atoms with Crippen LogP contribution in [-0.2, 0) is 10.9 Å².